The molecule has 3 N–H and O–H groups in total. The quantitative estimate of drug-likeness (QED) is 0.796. The molecule has 25 heavy (non-hydrogen) atoms. The first kappa shape index (κ1) is 19.9. The van der Waals surface area contributed by atoms with Gasteiger partial charge in [-0.3, -0.25) is 9.97 Å². The van der Waals surface area contributed by atoms with Gasteiger partial charge in [0.05, 0.1) is 27.1 Å². The Bertz CT molecular complexity index is 763. The zero-order valence-corrected chi connectivity index (χ0v) is 16.3. The predicted molar refractivity (Wildman–Crippen MR) is 102 cm³/mol. The molecule has 7 heteroatoms. The van der Waals surface area contributed by atoms with E-state index in [1.54, 1.807) is 6.20 Å². The fraction of sp³-hybridized carbons (Fsp3) is 0.444. The van der Waals surface area contributed by atoms with E-state index in [4.69, 9.17) is 28.9 Å². The Balaban J connectivity index is 0.000000181. The average molecular weight is 385 g/mol. The summed E-state index contributed by atoms with van der Waals surface area (Å²) in [7, 11) is 0. The zero-order valence-electron chi connectivity index (χ0n) is 14.8. The molecule has 0 atom stereocenters. The van der Waals surface area contributed by atoms with Crippen LogP contribution < -0.4 is 11.1 Å². The van der Waals surface area contributed by atoms with Gasteiger partial charge in [0.15, 0.2) is 0 Å². The van der Waals surface area contributed by atoms with Gasteiger partial charge >= 0.3 is 0 Å². The van der Waals surface area contributed by atoms with Gasteiger partial charge in [-0.05, 0) is 12.1 Å². The number of rotatable bonds is 2. The second-order valence-electron chi connectivity index (χ2n) is 7.36. The molecular weight excluding hydrogens is 362 g/mol. The Kier molecular flexibility index (Phi) is 5.92. The van der Waals surface area contributed by atoms with Crippen LogP contribution in [0.4, 0.5) is 10.1 Å². The van der Waals surface area contributed by atoms with Gasteiger partial charge in [0.1, 0.15) is 5.82 Å². The van der Waals surface area contributed by atoms with Crippen LogP contribution >= 0.6 is 23.2 Å². The van der Waals surface area contributed by atoms with Gasteiger partial charge in [-0.25, -0.2) is 4.39 Å². The summed E-state index contributed by atoms with van der Waals surface area (Å²) in [5, 5.41) is 4.28. The van der Waals surface area contributed by atoms with Crippen LogP contribution in [0.2, 0.25) is 10.0 Å². The minimum absolute atomic E-state index is 0.139. The molecule has 4 nitrogen and oxygen atoms in total. The Morgan fingerprint density at radius 3 is 2.40 bits per heavy atom. The van der Waals surface area contributed by atoms with Crippen LogP contribution in [0.1, 0.15) is 39.1 Å². The van der Waals surface area contributed by atoms with Crippen LogP contribution in [-0.2, 0) is 10.8 Å². The molecule has 136 valence electrons. The third-order valence-corrected chi connectivity index (χ3v) is 4.59. The highest BCUT2D eigenvalue weighted by Crippen LogP contribution is 2.35. The lowest BCUT2D eigenvalue weighted by atomic mass is 9.89. The smallest absolute Gasteiger partial charge is 0.146 e. The molecule has 0 amide bonds. The van der Waals surface area contributed by atoms with Crippen molar-refractivity contribution < 1.29 is 4.39 Å². The van der Waals surface area contributed by atoms with E-state index in [1.165, 1.54) is 12.3 Å². The summed E-state index contributed by atoms with van der Waals surface area (Å²) in [4.78, 5) is 8.25. The van der Waals surface area contributed by atoms with Crippen molar-refractivity contribution in [3.8, 4) is 0 Å². The molecule has 0 aliphatic carbocycles. The molecule has 0 aromatic carbocycles. The molecule has 3 heterocycles. The molecule has 0 bridgehead atoms. The lowest BCUT2D eigenvalue weighted by Gasteiger charge is -2.21. The average Bonchev–Trinajstić information content (AvgIpc) is 2.82. The molecule has 1 aliphatic rings. The highest BCUT2D eigenvalue weighted by atomic mass is 35.5. The molecule has 1 aliphatic heterocycles. The Hall–Kier alpha value is -1.43. The van der Waals surface area contributed by atoms with Gasteiger partial charge in [0.2, 0.25) is 0 Å². The normalized spacial score (nSPS) is 15.0. The maximum absolute atomic E-state index is 13.3. The summed E-state index contributed by atoms with van der Waals surface area (Å²) in [5.74, 6) is -0.400. The molecule has 2 aromatic heterocycles. The highest BCUT2D eigenvalue weighted by molar-refractivity contribution is 6.30. The Morgan fingerprint density at radius 2 is 1.80 bits per heavy atom. The van der Waals surface area contributed by atoms with E-state index >= 15 is 0 Å². The summed E-state index contributed by atoms with van der Waals surface area (Å²) in [5.41, 5.74) is 7.75. The highest BCUT2D eigenvalue weighted by Gasteiger charge is 2.31. The summed E-state index contributed by atoms with van der Waals surface area (Å²) in [6, 6.07) is 3.18. The first-order chi connectivity index (χ1) is 11.6. The van der Waals surface area contributed by atoms with Gasteiger partial charge < -0.3 is 11.1 Å². The third-order valence-electron chi connectivity index (χ3n) is 4.18. The fourth-order valence-electron chi connectivity index (χ4n) is 2.52. The van der Waals surface area contributed by atoms with Gasteiger partial charge in [0, 0.05) is 36.3 Å². The number of nitrogens with one attached hydrogen (secondary N) is 1. The fourth-order valence-corrected chi connectivity index (χ4v) is 2.82. The van der Waals surface area contributed by atoms with Crippen LogP contribution in [0.15, 0.2) is 24.5 Å². The van der Waals surface area contributed by atoms with E-state index in [9.17, 15) is 4.39 Å². The standard InChI is InChI=1S/C9H12ClFN2.C9H11ClN2/c1-9(2,5-12)8-7(11)3-6(10)4-13-8;1-9(2)5-12-7-3-6(10)4-11-8(7)9/h3-4H,5,12H2,1-2H3;3-4,12H,5H2,1-2H3. The molecular formula is C18H23Cl2FN4. The van der Waals surface area contributed by atoms with Crippen molar-refractivity contribution in [2.24, 2.45) is 5.73 Å². The topological polar surface area (TPSA) is 63.8 Å². The van der Waals surface area contributed by atoms with Crippen molar-refractivity contribution in [3.05, 3.63) is 51.8 Å². The zero-order chi connectivity index (χ0) is 18.8. The van der Waals surface area contributed by atoms with Crippen molar-refractivity contribution in [2.75, 3.05) is 18.4 Å². The third kappa shape index (κ3) is 4.60. The summed E-state index contributed by atoms with van der Waals surface area (Å²) in [6.45, 7) is 9.31. The van der Waals surface area contributed by atoms with Gasteiger partial charge in [-0.2, -0.15) is 0 Å². The van der Waals surface area contributed by atoms with E-state index in [-0.39, 0.29) is 5.41 Å². The maximum Gasteiger partial charge on any atom is 0.146 e. The number of anilines is 1. The molecule has 3 rings (SSSR count). The van der Waals surface area contributed by atoms with Gasteiger partial charge in [-0.1, -0.05) is 50.9 Å². The minimum Gasteiger partial charge on any atom is -0.383 e. The summed E-state index contributed by atoms with van der Waals surface area (Å²) < 4.78 is 13.3. The SMILES string of the molecule is CC(C)(CN)c1ncc(Cl)cc1F.CC1(C)CNc2cc(Cl)cnc21. The van der Waals surface area contributed by atoms with E-state index in [2.05, 4.69) is 29.1 Å². The molecule has 0 spiro atoms. The van der Waals surface area contributed by atoms with Crippen molar-refractivity contribution in [3.63, 3.8) is 0 Å². The molecule has 0 unspecified atom stereocenters. The summed E-state index contributed by atoms with van der Waals surface area (Å²) >= 11 is 11.4. The lowest BCUT2D eigenvalue weighted by molar-refractivity contribution is 0.475. The van der Waals surface area contributed by atoms with E-state index < -0.39 is 11.2 Å². The van der Waals surface area contributed by atoms with Crippen LogP contribution in [-0.4, -0.2) is 23.1 Å². The van der Waals surface area contributed by atoms with Crippen molar-refractivity contribution in [2.45, 2.75) is 38.5 Å². The number of halogens is 3. The number of aromatic nitrogens is 2. The number of pyridine rings is 2. The number of fused-ring (bicyclic) bond motifs is 1. The monoisotopic (exact) mass is 384 g/mol. The maximum atomic E-state index is 13.3. The van der Waals surface area contributed by atoms with Crippen LogP contribution in [0.5, 0.6) is 0 Å². The minimum atomic E-state index is -0.450. The Labute approximate surface area is 158 Å². The molecule has 0 radical (unpaired) electrons. The molecule has 0 fully saturated rings. The van der Waals surface area contributed by atoms with E-state index in [0.717, 1.165) is 17.9 Å². The number of hydrogen-bond donors (Lipinski definition) is 2. The van der Waals surface area contributed by atoms with Crippen LogP contribution in [0, 0.1) is 5.82 Å². The number of nitrogens with zero attached hydrogens (tertiary/aromatic N) is 2. The van der Waals surface area contributed by atoms with Crippen molar-refractivity contribution in [1.29, 1.82) is 0 Å². The van der Waals surface area contributed by atoms with Crippen LogP contribution in [0.3, 0.4) is 0 Å². The number of hydrogen-bond acceptors (Lipinski definition) is 4. The van der Waals surface area contributed by atoms with E-state index in [1.807, 2.05) is 19.9 Å². The second kappa shape index (κ2) is 7.44. The van der Waals surface area contributed by atoms with Gasteiger partial charge in [-0.15, -0.1) is 0 Å². The van der Waals surface area contributed by atoms with Crippen molar-refractivity contribution >= 4 is 28.9 Å². The lowest BCUT2D eigenvalue weighted by Crippen LogP contribution is -2.30. The molecule has 2 aromatic rings. The first-order valence-corrected chi connectivity index (χ1v) is 8.74. The van der Waals surface area contributed by atoms with E-state index in [0.29, 0.717) is 22.3 Å². The molecule has 0 saturated carbocycles. The summed E-state index contributed by atoms with van der Waals surface area (Å²) in [6.07, 6.45) is 3.13. The first-order valence-electron chi connectivity index (χ1n) is 7.98. The second-order valence-corrected chi connectivity index (χ2v) is 8.23. The largest absolute Gasteiger partial charge is 0.383 e. The predicted octanol–water partition coefficient (Wildman–Crippen LogP) is 4.55. The Morgan fingerprint density at radius 1 is 1.20 bits per heavy atom. The van der Waals surface area contributed by atoms with Gasteiger partial charge in [0.25, 0.3) is 0 Å². The number of nitrogens with two attached hydrogens (primary N) is 1. The molecule has 0 saturated heterocycles. The van der Waals surface area contributed by atoms with Crippen molar-refractivity contribution in [1.82, 2.24) is 9.97 Å². The van der Waals surface area contributed by atoms with Crippen LogP contribution in [0.25, 0.3) is 0 Å².